The highest BCUT2D eigenvalue weighted by molar-refractivity contribution is 6.03. The van der Waals surface area contributed by atoms with E-state index in [1.54, 1.807) is 13.3 Å². The van der Waals surface area contributed by atoms with E-state index in [9.17, 15) is 4.79 Å². The van der Waals surface area contributed by atoms with E-state index in [1.807, 2.05) is 84.9 Å². The van der Waals surface area contributed by atoms with Crippen molar-refractivity contribution in [2.45, 2.75) is 12.5 Å². The first-order valence-corrected chi connectivity index (χ1v) is 10.0. The largest absolute Gasteiger partial charge is 0.497 e. The first-order chi connectivity index (χ1) is 15.2. The molecule has 1 aliphatic heterocycles. The molecule has 0 radical (unpaired) electrons. The van der Waals surface area contributed by atoms with Crippen LogP contribution in [0.5, 0.6) is 5.75 Å². The van der Waals surface area contributed by atoms with Gasteiger partial charge in [0.2, 0.25) is 0 Å². The van der Waals surface area contributed by atoms with Gasteiger partial charge in [0.1, 0.15) is 5.75 Å². The number of hydrogen-bond acceptors (Lipinski definition) is 5. The number of benzene rings is 3. The van der Waals surface area contributed by atoms with E-state index in [2.05, 4.69) is 10.3 Å². The maximum absolute atomic E-state index is 12.9. The Morgan fingerprint density at radius 3 is 2.39 bits per heavy atom. The Bertz CT molecular complexity index is 1060. The van der Waals surface area contributed by atoms with Crippen LogP contribution in [0.4, 0.5) is 0 Å². The molecule has 4 rings (SSSR count). The third-order valence-electron chi connectivity index (χ3n) is 5.04. The molecule has 1 atom stereocenters. The maximum Gasteiger partial charge on any atom is 0.283 e. The number of ether oxygens (including phenoxy) is 1. The molecule has 1 heterocycles. The van der Waals surface area contributed by atoms with E-state index >= 15 is 0 Å². The number of hydrogen-bond donors (Lipinski definition) is 0. The number of oxime groups is 1. The lowest BCUT2D eigenvalue weighted by Crippen LogP contribution is -2.30. The van der Waals surface area contributed by atoms with Gasteiger partial charge in [0.15, 0.2) is 6.61 Å². The van der Waals surface area contributed by atoms with Crippen LogP contribution in [0.1, 0.15) is 29.2 Å². The molecule has 0 saturated heterocycles. The Kier molecular flexibility index (Phi) is 6.38. The molecular weight excluding hydrogens is 390 g/mol. The molecule has 0 saturated carbocycles. The van der Waals surface area contributed by atoms with Crippen molar-refractivity contribution >= 4 is 17.8 Å². The topological polar surface area (TPSA) is 63.5 Å². The van der Waals surface area contributed by atoms with Gasteiger partial charge in [-0.2, -0.15) is 5.10 Å². The van der Waals surface area contributed by atoms with Crippen molar-refractivity contribution in [2.24, 2.45) is 10.3 Å². The van der Waals surface area contributed by atoms with Gasteiger partial charge in [0, 0.05) is 6.42 Å². The zero-order chi connectivity index (χ0) is 21.5. The molecule has 0 N–H and O–H groups in total. The zero-order valence-electron chi connectivity index (χ0n) is 17.2. The molecule has 0 spiro atoms. The van der Waals surface area contributed by atoms with Gasteiger partial charge in [0.05, 0.1) is 25.1 Å². The highest BCUT2D eigenvalue weighted by Crippen LogP contribution is 2.33. The van der Waals surface area contributed by atoms with Crippen molar-refractivity contribution in [3.05, 3.63) is 102 Å². The molecule has 1 amide bonds. The minimum atomic E-state index is -0.253. The smallest absolute Gasteiger partial charge is 0.283 e. The summed E-state index contributed by atoms with van der Waals surface area (Å²) in [6.07, 6.45) is 2.20. The summed E-state index contributed by atoms with van der Waals surface area (Å²) in [5, 5.41) is 10.0. The van der Waals surface area contributed by atoms with E-state index in [0.717, 1.165) is 28.2 Å². The van der Waals surface area contributed by atoms with E-state index in [0.29, 0.717) is 6.42 Å². The first-order valence-electron chi connectivity index (χ1n) is 10.0. The molecule has 31 heavy (non-hydrogen) atoms. The molecule has 0 unspecified atom stereocenters. The summed E-state index contributed by atoms with van der Waals surface area (Å²) in [6, 6.07) is 26.9. The number of rotatable bonds is 7. The summed E-state index contributed by atoms with van der Waals surface area (Å²) in [6.45, 7) is -0.193. The van der Waals surface area contributed by atoms with Gasteiger partial charge in [0.25, 0.3) is 5.91 Å². The molecule has 0 fully saturated rings. The lowest BCUT2D eigenvalue weighted by atomic mass is 9.98. The van der Waals surface area contributed by atoms with Gasteiger partial charge in [-0.05, 0) is 28.8 Å². The van der Waals surface area contributed by atoms with Crippen LogP contribution in [-0.4, -0.2) is 36.6 Å². The number of carbonyl (C=O) groups excluding carboxylic acids is 1. The Hall–Kier alpha value is -3.93. The summed E-state index contributed by atoms with van der Waals surface area (Å²) in [5.41, 5.74) is 3.75. The van der Waals surface area contributed by atoms with Gasteiger partial charge < -0.3 is 9.57 Å². The SMILES string of the molecule is COc1ccc([C@H]2CC(c3ccccc3)=NN2C(=O)CO/N=C\c2ccccc2)cc1. The number of amides is 1. The van der Waals surface area contributed by atoms with Gasteiger partial charge in [-0.25, -0.2) is 5.01 Å². The number of methoxy groups -OCH3 is 1. The summed E-state index contributed by atoms with van der Waals surface area (Å²) < 4.78 is 5.25. The van der Waals surface area contributed by atoms with Crippen LogP contribution >= 0.6 is 0 Å². The fraction of sp³-hybridized carbons (Fsp3) is 0.160. The van der Waals surface area contributed by atoms with Crippen molar-refractivity contribution in [1.29, 1.82) is 0 Å². The normalized spacial score (nSPS) is 15.7. The van der Waals surface area contributed by atoms with Gasteiger partial charge in [-0.1, -0.05) is 78.0 Å². The van der Waals surface area contributed by atoms with Crippen LogP contribution in [0.2, 0.25) is 0 Å². The molecule has 0 bridgehead atoms. The lowest BCUT2D eigenvalue weighted by molar-refractivity contribution is -0.137. The van der Waals surface area contributed by atoms with E-state index in [4.69, 9.17) is 9.57 Å². The van der Waals surface area contributed by atoms with E-state index in [-0.39, 0.29) is 18.6 Å². The molecule has 3 aromatic rings. The minimum Gasteiger partial charge on any atom is -0.497 e. The van der Waals surface area contributed by atoms with Gasteiger partial charge in [-0.3, -0.25) is 4.79 Å². The maximum atomic E-state index is 12.9. The molecule has 0 aromatic heterocycles. The van der Waals surface area contributed by atoms with Gasteiger partial charge >= 0.3 is 0 Å². The molecule has 6 nitrogen and oxygen atoms in total. The summed E-state index contributed by atoms with van der Waals surface area (Å²) >= 11 is 0. The summed E-state index contributed by atoms with van der Waals surface area (Å²) in [4.78, 5) is 18.2. The Balaban J connectivity index is 1.50. The standard InChI is InChI=1S/C25H23N3O3/c1-30-22-14-12-21(13-15-22)24-16-23(20-10-6-3-7-11-20)27-28(24)25(29)18-31-26-17-19-8-4-2-5-9-19/h2-15,17,24H,16,18H2,1H3/b26-17-/t24-/m1/s1. The zero-order valence-corrected chi connectivity index (χ0v) is 17.2. The molecule has 1 aliphatic rings. The Morgan fingerprint density at radius 1 is 1.03 bits per heavy atom. The molecule has 6 heteroatoms. The molecule has 3 aromatic carbocycles. The number of carbonyl (C=O) groups is 1. The second kappa shape index (κ2) is 9.71. The fourth-order valence-corrected chi connectivity index (χ4v) is 3.43. The average molecular weight is 413 g/mol. The predicted octanol–water partition coefficient (Wildman–Crippen LogP) is 4.42. The van der Waals surface area contributed by atoms with Crippen LogP contribution in [-0.2, 0) is 9.63 Å². The van der Waals surface area contributed by atoms with Crippen molar-refractivity contribution in [3.63, 3.8) is 0 Å². The highest BCUT2D eigenvalue weighted by atomic mass is 16.6. The molecular formula is C25H23N3O3. The Morgan fingerprint density at radius 2 is 1.71 bits per heavy atom. The second-order valence-corrected chi connectivity index (χ2v) is 7.06. The minimum absolute atomic E-state index is 0.193. The van der Waals surface area contributed by atoms with Crippen molar-refractivity contribution in [3.8, 4) is 5.75 Å². The monoisotopic (exact) mass is 413 g/mol. The average Bonchev–Trinajstić information content (AvgIpc) is 3.29. The fourth-order valence-electron chi connectivity index (χ4n) is 3.43. The third-order valence-corrected chi connectivity index (χ3v) is 5.04. The Labute approximate surface area is 181 Å². The lowest BCUT2D eigenvalue weighted by Gasteiger charge is -2.21. The van der Waals surface area contributed by atoms with Crippen molar-refractivity contribution in [1.82, 2.24) is 5.01 Å². The van der Waals surface area contributed by atoms with Crippen LogP contribution in [0.3, 0.4) is 0 Å². The van der Waals surface area contributed by atoms with Crippen LogP contribution in [0, 0.1) is 0 Å². The van der Waals surface area contributed by atoms with E-state index in [1.165, 1.54) is 5.01 Å². The summed E-state index contributed by atoms with van der Waals surface area (Å²) in [7, 11) is 1.63. The molecule has 156 valence electrons. The molecule has 0 aliphatic carbocycles. The predicted molar refractivity (Wildman–Crippen MR) is 120 cm³/mol. The number of nitrogens with zero attached hydrogens (tertiary/aromatic N) is 3. The van der Waals surface area contributed by atoms with E-state index < -0.39 is 0 Å². The number of hydrazone groups is 1. The van der Waals surface area contributed by atoms with Crippen LogP contribution in [0.25, 0.3) is 0 Å². The van der Waals surface area contributed by atoms with Crippen molar-refractivity contribution < 1.29 is 14.4 Å². The van der Waals surface area contributed by atoms with Gasteiger partial charge in [-0.15, -0.1) is 0 Å². The summed E-state index contributed by atoms with van der Waals surface area (Å²) in [5.74, 6) is 0.513. The van der Waals surface area contributed by atoms with Crippen molar-refractivity contribution in [2.75, 3.05) is 13.7 Å². The quantitative estimate of drug-likeness (QED) is 0.425. The highest BCUT2D eigenvalue weighted by Gasteiger charge is 2.33. The first kappa shape index (κ1) is 20.3. The van der Waals surface area contributed by atoms with Crippen LogP contribution in [0.15, 0.2) is 95.2 Å². The third kappa shape index (κ3) is 4.98. The second-order valence-electron chi connectivity index (χ2n) is 7.06. The van der Waals surface area contributed by atoms with Crippen LogP contribution < -0.4 is 4.74 Å².